The van der Waals surface area contributed by atoms with Crippen LogP contribution in [0.2, 0.25) is 0 Å². The van der Waals surface area contributed by atoms with Gasteiger partial charge >= 0.3 is 0 Å². The SMILES string of the molecule is O=C1c2cc(Br)ccc2NC(c2cccc(-c3ccccc3)c2)N1c1ccccc1. The molecule has 0 aliphatic carbocycles. The number of para-hydroxylation sites is 1. The van der Waals surface area contributed by atoms with Crippen LogP contribution in [0.1, 0.15) is 22.1 Å². The monoisotopic (exact) mass is 454 g/mol. The van der Waals surface area contributed by atoms with Crippen LogP contribution in [0.5, 0.6) is 0 Å². The summed E-state index contributed by atoms with van der Waals surface area (Å²) >= 11 is 3.49. The van der Waals surface area contributed by atoms with Gasteiger partial charge in [-0.05, 0) is 53.1 Å². The molecule has 4 aromatic carbocycles. The molecule has 1 aliphatic rings. The summed E-state index contributed by atoms with van der Waals surface area (Å²) in [6.45, 7) is 0. The van der Waals surface area contributed by atoms with Crippen LogP contribution in [0.15, 0.2) is 108 Å². The smallest absolute Gasteiger partial charge is 0.262 e. The first-order valence-electron chi connectivity index (χ1n) is 9.81. The largest absolute Gasteiger partial charge is 0.360 e. The Labute approximate surface area is 184 Å². The minimum absolute atomic E-state index is 0.0219. The first kappa shape index (κ1) is 18.6. The molecule has 0 bridgehead atoms. The quantitative estimate of drug-likeness (QED) is 0.365. The Morgan fingerprint density at radius 1 is 0.733 bits per heavy atom. The van der Waals surface area contributed by atoms with Crippen LogP contribution in [0.4, 0.5) is 11.4 Å². The van der Waals surface area contributed by atoms with E-state index in [0.717, 1.165) is 32.5 Å². The summed E-state index contributed by atoms with van der Waals surface area (Å²) in [5, 5.41) is 3.58. The number of nitrogens with one attached hydrogen (secondary N) is 1. The number of anilines is 2. The Bertz CT molecular complexity index is 1210. The number of carbonyl (C=O) groups excluding carboxylic acids is 1. The van der Waals surface area contributed by atoms with Gasteiger partial charge in [-0.2, -0.15) is 0 Å². The molecule has 1 amide bonds. The Morgan fingerprint density at radius 3 is 2.20 bits per heavy atom. The topological polar surface area (TPSA) is 32.3 Å². The Kier molecular flexibility index (Phi) is 4.85. The second-order valence-corrected chi connectivity index (χ2v) is 8.15. The van der Waals surface area contributed by atoms with E-state index in [1.165, 1.54) is 0 Å². The molecular weight excluding hydrogens is 436 g/mol. The van der Waals surface area contributed by atoms with E-state index in [9.17, 15) is 4.79 Å². The summed E-state index contributed by atoms with van der Waals surface area (Å²) in [5.74, 6) is -0.0219. The Morgan fingerprint density at radius 2 is 1.43 bits per heavy atom. The highest BCUT2D eigenvalue weighted by Gasteiger charge is 2.34. The summed E-state index contributed by atoms with van der Waals surface area (Å²) in [4.78, 5) is 15.4. The first-order chi connectivity index (χ1) is 14.7. The number of nitrogens with zero attached hydrogens (tertiary/aromatic N) is 1. The fourth-order valence-electron chi connectivity index (χ4n) is 3.88. The van der Waals surface area contributed by atoms with E-state index in [0.29, 0.717) is 5.56 Å². The van der Waals surface area contributed by atoms with E-state index in [4.69, 9.17) is 0 Å². The molecular formula is C26H19BrN2O. The maximum Gasteiger partial charge on any atom is 0.262 e. The molecule has 0 aromatic heterocycles. The predicted molar refractivity (Wildman–Crippen MR) is 126 cm³/mol. The standard InChI is InChI=1S/C26H19BrN2O/c27-21-14-15-24-23(17-21)26(30)29(22-12-5-2-6-13-22)25(28-24)20-11-7-10-19(16-20)18-8-3-1-4-9-18/h1-17,25,28H. The van der Waals surface area contributed by atoms with Crippen LogP contribution in [-0.4, -0.2) is 5.91 Å². The van der Waals surface area contributed by atoms with Gasteiger partial charge in [0.25, 0.3) is 5.91 Å². The zero-order valence-electron chi connectivity index (χ0n) is 16.1. The summed E-state index contributed by atoms with van der Waals surface area (Å²) in [5.41, 5.74) is 5.65. The van der Waals surface area contributed by atoms with Gasteiger partial charge in [-0.1, -0.05) is 82.7 Å². The maximum absolute atomic E-state index is 13.6. The van der Waals surface area contributed by atoms with Crippen molar-refractivity contribution in [3.05, 3.63) is 119 Å². The molecule has 0 saturated heterocycles. The molecule has 4 heteroatoms. The average molecular weight is 455 g/mol. The highest BCUT2D eigenvalue weighted by atomic mass is 79.9. The summed E-state index contributed by atoms with van der Waals surface area (Å²) in [6.07, 6.45) is -0.308. The van der Waals surface area contributed by atoms with Crippen LogP contribution < -0.4 is 10.2 Å². The zero-order valence-corrected chi connectivity index (χ0v) is 17.7. The third-order valence-electron chi connectivity index (χ3n) is 5.33. The van der Waals surface area contributed by atoms with Gasteiger partial charge in [-0.25, -0.2) is 0 Å². The second-order valence-electron chi connectivity index (χ2n) is 7.24. The van der Waals surface area contributed by atoms with Crippen LogP contribution >= 0.6 is 15.9 Å². The predicted octanol–water partition coefficient (Wildman–Crippen LogP) is 6.89. The van der Waals surface area contributed by atoms with Gasteiger partial charge in [0.2, 0.25) is 0 Å². The number of rotatable bonds is 3. The van der Waals surface area contributed by atoms with Crippen molar-refractivity contribution in [2.45, 2.75) is 6.17 Å². The third-order valence-corrected chi connectivity index (χ3v) is 5.82. The number of benzene rings is 4. The highest BCUT2D eigenvalue weighted by molar-refractivity contribution is 9.10. The lowest BCUT2D eigenvalue weighted by Crippen LogP contribution is -2.43. The summed E-state index contributed by atoms with van der Waals surface area (Å²) in [7, 11) is 0. The van der Waals surface area contributed by atoms with E-state index in [2.05, 4.69) is 51.6 Å². The molecule has 1 heterocycles. The number of amides is 1. The molecule has 0 fully saturated rings. The molecule has 0 spiro atoms. The molecule has 4 aromatic rings. The summed E-state index contributed by atoms with van der Waals surface area (Å²) < 4.78 is 0.883. The van der Waals surface area contributed by atoms with Gasteiger partial charge in [-0.15, -0.1) is 0 Å². The molecule has 146 valence electrons. The van der Waals surface area contributed by atoms with Crippen molar-refractivity contribution < 1.29 is 4.79 Å². The summed E-state index contributed by atoms with van der Waals surface area (Å²) in [6, 6.07) is 34.2. The molecule has 0 saturated carbocycles. The average Bonchev–Trinajstić information content (AvgIpc) is 2.80. The van der Waals surface area contributed by atoms with E-state index in [-0.39, 0.29) is 12.1 Å². The lowest BCUT2D eigenvalue weighted by atomic mass is 9.98. The molecule has 0 radical (unpaired) electrons. The van der Waals surface area contributed by atoms with Gasteiger partial charge in [0.15, 0.2) is 0 Å². The number of halogens is 1. The Balaban J connectivity index is 1.64. The van der Waals surface area contributed by atoms with E-state index >= 15 is 0 Å². The third kappa shape index (κ3) is 3.40. The van der Waals surface area contributed by atoms with Gasteiger partial charge < -0.3 is 5.32 Å². The van der Waals surface area contributed by atoms with Gasteiger partial charge in [0.05, 0.1) is 5.56 Å². The number of carbonyl (C=O) groups is 1. The molecule has 1 atom stereocenters. The molecule has 3 nitrogen and oxygen atoms in total. The van der Waals surface area contributed by atoms with E-state index < -0.39 is 0 Å². The fourth-order valence-corrected chi connectivity index (χ4v) is 4.25. The lowest BCUT2D eigenvalue weighted by Gasteiger charge is -2.38. The number of hydrogen-bond acceptors (Lipinski definition) is 2. The lowest BCUT2D eigenvalue weighted by molar-refractivity contribution is 0.0975. The van der Waals surface area contributed by atoms with Crippen LogP contribution in [0.25, 0.3) is 11.1 Å². The number of fused-ring (bicyclic) bond motifs is 1. The van der Waals surface area contributed by atoms with Gasteiger partial charge in [0.1, 0.15) is 6.17 Å². The first-order valence-corrected chi connectivity index (χ1v) is 10.6. The molecule has 1 unspecified atom stereocenters. The van der Waals surface area contributed by atoms with Crippen LogP contribution in [0.3, 0.4) is 0 Å². The van der Waals surface area contributed by atoms with Crippen molar-refractivity contribution in [3.63, 3.8) is 0 Å². The van der Waals surface area contributed by atoms with Gasteiger partial charge in [-0.3, -0.25) is 9.69 Å². The van der Waals surface area contributed by atoms with Crippen molar-refractivity contribution in [1.82, 2.24) is 0 Å². The van der Waals surface area contributed by atoms with Crippen LogP contribution in [0, 0.1) is 0 Å². The fraction of sp³-hybridized carbons (Fsp3) is 0.0385. The Hall–Kier alpha value is -3.37. The normalized spacial score (nSPS) is 15.4. The molecule has 5 rings (SSSR count). The van der Waals surface area contributed by atoms with Crippen molar-refractivity contribution in [3.8, 4) is 11.1 Å². The zero-order chi connectivity index (χ0) is 20.5. The maximum atomic E-state index is 13.6. The van der Waals surface area contributed by atoms with Crippen molar-refractivity contribution in [1.29, 1.82) is 0 Å². The molecule has 1 N–H and O–H groups in total. The van der Waals surface area contributed by atoms with Crippen molar-refractivity contribution >= 4 is 33.2 Å². The second kappa shape index (κ2) is 7.81. The van der Waals surface area contributed by atoms with Gasteiger partial charge in [0, 0.05) is 15.8 Å². The highest BCUT2D eigenvalue weighted by Crippen LogP contribution is 2.38. The van der Waals surface area contributed by atoms with E-state index in [1.54, 1.807) is 0 Å². The van der Waals surface area contributed by atoms with Crippen molar-refractivity contribution in [2.24, 2.45) is 0 Å². The molecule has 1 aliphatic heterocycles. The minimum atomic E-state index is -0.308. The minimum Gasteiger partial charge on any atom is -0.360 e. The number of hydrogen-bond donors (Lipinski definition) is 1. The van der Waals surface area contributed by atoms with E-state index in [1.807, 2.05) is 77.7 Å². The van der Waals surface area contributed by atoms with Crippen LogP contribution in [-0.2, 0) is 0 Å². The van der Waals surface area contributed by atoms with Crippen molar-refractivity contribution in [2.75, 3.05) is 10.2 Å². The molecule has 30 heavy (non-hydrogen) atoms.